The smallest absolute Gasteiger partial charge is 0.407 e. The maximum Gasteiger partial charge on any atom is 0.407 e. The van der Waals surface area contributed by atoms with Gasteiger partial charge in [-0.2, -0.15) is 0 Å². The Balaban J connectivity index is 1.74. The largest absolute Gasteiger partial charge is 0.481 e. The number of ether oxygens (including phenoxy) is 1. The molecule has 1 aromatic heterocycles. The molecule has 49 heavy (non-hydrogen) atoms. The molecule has 0 aliphatic carbocycles. The quantitative estimate of drug-likeness (QED) is 0.102. The summed E-state index contributed by atoms with van der Waals surface area (Å²) in [7, 11) is 1.56. The van der Waals surface area contributed by atoms with Gasteiger partial charge in [0.25, 0.3) is 0 Å². The van der Waals surface area contributed by atoms with Gasteiger partial charge in [-0.05, 0) is 36.8 Å². The molecule has 12 nitrogen and oxygen atoms in total. The van der Waals surface area contributed by atoms with Crippen LogP contribution in [0.3, 0.4) is 0 Å². The summed E-state index contributed by atoms with van der Waals surface area (Å²) < 4.78 is 5.26. The number of thiol groups is 1. The predicted octanol–water partition coefficient (Wildman–Crippen LogP) is 4.83. The highest BCUT2D eigenvalue weighted by atomic mass is 32.1. The molecule has 0 unspecified atom stereocenters. The predicted molar refractivity (Wildman–Crippen MR) is 193 cm³/mol. The summed E-state index contributed by atoms with van der Waals surface area (Å²) in [5, 5.41) is 20.9. The molecule has 0 saturated heterocycles. The van der Waals surface area contributed by atoms with Crippen molar-refractivity contribution in [1.82, 2.24) is 25.8 Å². The lowest BCUT2D eigenvalue weighted by Crippen LogP contribution is -2.53. The van der Waals surface area contributed by atoms with Gasteiger partial charge >= 0.3 is 18.1 Å². The van der Waals surface area contributed by atoms with Crippen LogP contribution in [0.1, 0.15) is 60.9 Å². The fourth-order valence-electron chi connectivity index (χ4n) is 4.97. The zero-order valence-electron chi connectivity index (χ0n) is 28.0. The van der Waals surface area contributed by atoms with Gasteiger partial charge in [0.2, 0.25) is 5.91 Å². The highest BCUT2D eigenvalue weighted by molar-refractivity contribution is 7.84. The molecule has 264 valence electrons. The van der Waals surface area contributed by atoms with Gasteiger partial charge in [-0.25, -0.2) is 14.6 Å². The van der Waals surface area contributed by atoms with E-state index in [-0.39, 0.29) is 25.1 Å². The zero-order chi connectivity index (χ0) is 35.8. The number of carboxylic acid groups (broad SMARTS) is 1. The number of hydrogen-bond donors (Lipinski definition) is 6. The number of hydrogen-bond acceptors (Lipinski definition) is 9. The summed E-state index contributed by atoms with van der Waals surface area (Å²) in [4.78, 5) is 57.5. The number of nitrogens with zero attached hydrogens (tertiary/aromatic N) is 2. The molecule has 1 heterocycles. The molecule has 4 amide bonds. The van der Waals surface area contributed by atoms with Gasteiger partial charge in [0.1, 0.15) is 12.6 Å². The Bertz CT molecular complexity index is 1540. The van der Waals surface area contributed by atoms with Crippen LogP contribution in [-0.2, 0) is 33.7 Å². The number of nitrogens with one attached hydrogen (secondary N) is 3. The van der Waals surface area contributed by atoms with Crippen molar-refractivity contribution in [1.29, 1.82) is 0 Å². The number of alkyl carbamates (subject to hydrolysis) is 1. The Kier molecular flexibility index (Phi) is 15.9. The van der Waals surface area contributed by atoms with Crippen LogP contribution in [0.4, 0.5) is 9.59 Å². The fraction of sp³-hybridized carbons (Fsp3) is 0.400. The molecule has 0 fully saturated rings. The number of carbonyl (C=O) groups is 4. The molecule has 3 atom stereocenters. The van der Waals surface area contributed by atoms with E-state index in [2.05, 4.69) is 33.6 Å². The Morgan fingerprint density at radius 3 is 2.04 bits per heavy atom. The van der Waals surface area contributed by atoms with Gasteiger partial charge in [0, 0.05) is 41.5 Å². The number of aromatic nitrogens is 1. The van der Waals surface area contributed by atoms with Gasteiger partial charge in [-0.1, -0.05) is 74.5 Å². The molecule has 14 heteroatoms. The molecule has 0 saturated carbocycles. The van der Waals surface area contributed by atoms with Gasteiger partial charge < -0.3 is 36.4 Å². The molecule has 0 radical (unpaired) electrons. The van der Waals surface area contributed by atoms with E-state index in [1.54, 1.807) is 7.05 Å². The number of benzene rings is 2. The molecule has 3 aromatic rings. The van der Waals surface area contributed by atoms with E-state index in [1.807, 2.05) is 79.9 Å². The van der Waals surface area contributed by atoms with Crippen molar-refractivity contribution < 1.29 is 29.0 Å². The van der Waals surface area contributed by atoms with Crippen LogP contribution in [0.5, 0.6) is 0 Å². The summed E-state index contributed by atoms with van der Waals surface area (Å²) in [6.07, 6.45) is 1.83. The fourth-order valence-corrected chi connectivity index (χ4v) is 5.86. The molecule has 0 spiro atoms. The Hall–Kier alpha value is -4.56. The molecule has 0 aliphatic rings. The monoisotopic (exact) mass is 710 g/mol. The first-order valence-corrected chi connectivity index (χ1v) is 17.3. The third-order valence-electron chi connectivity index (χ3n) is 7.53. The number of thiazole rings is 1. The number of aliphatic carboxylic acids is 1. The van der Waals surface area contributed by atoms with Gasteiger partial charge in [-0.3, -0.25) is 9.59 Å². The molecule has 0 bridgehead atoms. The third-order valence-corrected chi connectivity index (χ3v) is 9.00. The second-order valence-corrected chi connectivity index (χ2v) is 13.5. The molecule has 2 aromatic carbocycles. The number of carboxylic acids is 1. The summed E-state index contributed by atoms with van der Waals surface area (Å²) in [6.45, 7) is 4.19. The number of nitrogens with two attached hydrogens (primary N) is 1. The normalized spacial score (nSPS) is 13.2. The van der Waals surface area contributed by atoms with Crippen molar-refractivity contribution in [3.05, 3.63) is 99.0 Å². The molecule has 6 N–H and O–H groups in total. The molecular weight excluding hydrogens is 665 g/mol. The molecule has 3 rings (SSSR count). The van der Waals surface area contributed by atoms with Gasteiger partial charge in [-0.15, -0.1) is 24.0 Å². The van der Waals surface area contributed by atoms with Crippen LogP contribution >= 0.6 is 24.0 Å². The van der Waals surface area contributed by atoms with Crippen LogP contribution in [0.25, 0.3) is 0 Å². The Morgan fingerprint density at radius 2 is 1.53 bits per heavy atom. The van der Waals surface area contributed by atoms with Crippen LogP contribution in [0.15, 0.2) is 77.1 Å². The lowest BCUT2D eigenvalue weighted by Gasteiger charge is -2.26. The van der Waals surface area contributed by atoms with E-state index in [4.69, 9.17) is 10.5 Å². The Morgan fingerprint density at radius 1 is 0.959 bits per heavy atom. The number of carbonyl (C=O) groups excluding carboxylic acids is 3. The molecule has 0 aliphatic heterocycles. The minimum atomic E-state index is -1.33. The van der Waals surface area contributed by atoms with Crippen molar-refractivity contribution >= 4 is 48.0 Å². The van der Waals surface area contributed by atoms with Crippen LogP contribution in [0.2, 0.25) is 0 Å². The summed E-state index contributed by atoms with van der Waals surface area (Å²) in [6, 6.07) is 16.5. The maximum absolute atomic E-state index is 13.6. The van der Waals surface area contributed by atoms with Crippen molar-refractivity contribution in [2.75, 3.05) is 13.7 Å². The number of amides is 4. The van der Waals surface area contributed by atoms with E-state index in [0.717, 1.165) is 16.1 Å². The minimum Gasteiger partial charge on any atom is -0.481 e. The SMILES string of the molecule is CC(C)c1nc(CN(C)C(=O)N[C@@H](CC(=O)O)C(=O)N[C@H](CC[C@H](Cc2ccccc2)NC(=O)OC/C(S)=C/N)Cc2ccccc2)cs1. The van der Waals surface area contributed by atoms with E-state index in [0.29, 0.717) is 36.3 Å². The second-order valence-electron chi connectivity index (χ2n) is 12.0. The van der Waals surface area contributed by atoms with Crippen molar-refractivity contribution in [3.63, 3.8) is 0 Å². The highest BCUT2D eigenvalue weighted by Gasteiger charge is 2.28. The average molecular weight is 711 g/mol. The highest BCUT2D eigenvalue weighted by Crippen LogP contribution is 2.20. The molecular formula is C35H46N6O6S2. The van der Waals surface area contributed by atoms with E-state index < -0.39 is 42.5 Å². The second kappa shape index (κ2) is 20.1. The lowest BCUT2D eigenvalue weighted by atomic mass is 9.95. The van der Waals surface area contributed by atoms with Crippen LogP contribution in [0, 0.1) is 0 Å². The zero-order valence-corrected chi connectivity index (χ0v) is 29.7. The third kappa shape index (κ3) is 14.2. The summed E-state index contributed by atoms with van der Waals surface area (Å²) in [5.41, 5.74) is 8.09. The van der Waals surface area contributed by atoms with E-state index >= 15 is 0 Å². The van der Waals surface area contributed by atoms with E-state index in [9.17, 15) is 24.3 Å². The van der Waals surface area contributed by atoms with Crippen molar-refractivity contribution in [2.45, 2.75) is 76.5 Å². The number of rotatable bonds is 18. The van der Waals surface area contributed by atoms with Crippen molar-refractivity contribution in [2.24, 2.45) is 5.73 Å². The summed E-state index contributed by atoms with van der Waals surface area (Å²) >= 11 is 5.65. The van der Waals surface area contributed by atoms with E-state index in [1.165, 1.54) is 22.4 Å². The first-order chi connectivity index (χ1) is 23.4. The maximum atomic E-state index is 13.6. The van der Waals surface area contributed by atoms with Gasteiger partial charge in [0.05, 0.1) is 23.7 Å². The Labute approximate surface area is 296 Å². The van der Waals surface area contributed by atoms with Crippen molar-refractivity contribution in [3.8, 4) is 0 Å². The van der Waals surface area contributed by atoms with Crippen LogP contribution in [-0.4, -0.2) is 70.8 Å². The number of urea groups is 1. The first-order valence-electron chi connectivity index (χ1n) is 16.0. The standard InChI is InChI=1S/C35H46N6O6S2/c1-23(2)33-38-28(22-49-33)20-41(3)34(45)40-30(18-31(42)43)32(44)37-26(16-24-10-6-4-7-11-24)14-15-27(17-25-12-8-5-9-13-25)39-35(46)47-21-29(48)19-36/h4-13,19,22-23,26-27,30,48H,14-18,20-21,36H2,1-3H3,(H,37,44)(H,39,46)(H,40,45)(H,42,43)/b29-19-/t26-,27-,30+/m1/s1. The average Bonchev–Trinajstić information content (AvgIpc) is 3.55. The lowest BCUT2D eigenvalue weighted by molar-refractivity contribution is -0.140. The van der Waals surface area contributed by atoms with Crippen LogP contribution < -0.4 is 21.7 Å². The minimum absolute atomic E-state index is 0.0785. The van der Waals surface area contributed by atoms with Gasteiger partial charge in [0.15, 0.2) is 0 Å². The summed E-state index contributed by atoms with van der Waals surface area (Å²) in [5.74, 6) is -1.60. The topological polar surface area (TPSA) is 176 Å². The first kappa shape index (κ1) is 38.9.